The molecule has 0 aliphatic carbocycles. The molecule has 1 aromatic rings. The van der Waals surface area contributed by atoms with E-state index < -0.39 is 0 Å². The van der Waals surface area contributed by atoms with Gasteiger partial charge in [-0.2, -0.15) is 5.26 Å². The lowest BCUT2D eigenvalue weighted by Gasteiger charge is -1.90. The van der Waals surface area contributed by atoms with Crippen LogP contribution in [0.1, 0.15) is 11.1 Å². The molecule has 0 aliphatic rings. The summed E-state index contributed by atoms with van der Waals surface area (Å²) in [5.74, 6) is 0. The average molecular weight is 203 g/mol. The third-order valence-corrected chi connectivity index (χ3v) is 1.27. The minimum absolute atomic E-state index is 0.750. The maximum atomic E-state index is 8.47. The molecule has 2 N–H and O–H groups in total. The van der Waals surface area contributed by atoms with E-state index in [-0.39, 0.29) is 0 Å². The second kappa shape index (κ2) is 11.5. The summed E-state index contributed by atoms with van der Waals surface area (Å²) in [7, 11) is 0. The number of benzene rings is 1. The van der Waals surface area contributed by atoms with Gasteiger partial charge in [0.1, 0.15) is 0 Å². The van der Waals surface area contributed by atoms with Gasteiger partial charge in [0.15, 0.2) is 0 Å². The number of nitrogens with zero attached hydrogens (tertiary/aromatic N) is 1. The maximum Gasteiger partial charge on any atom is 0.231 e. The Morgan fingerprint density at radius 2 is 1.53 bits per heavy atom. The molecule has 76 valence electrons. The molecule has 5 heteroatoms. The average Bonchev–Trinajstić information content (AvgIpc) is 2.21. The molecule has 0 heterocycles. The number of rotatable bonds is 0. The van der Waals surface area contributed by atoms with Gasteiger partial charge in [0.2, 0.25) is 12.2 Å². The Hall–Kier alpha value is -2.53. The Kier molecular flexibility index (Phi) is 11.4. The highest BCUT2D eigenvalue weighted by Gasteiger charge is 1.89. The van der Waals surface area contributed by atoms with Gasteiger partial charge < -0.3 is 0 Å². The quantitative estimate of drug-likeness (QED) is 0.494. The summed E-state index contributed by atoms with van der Waals surface area (Å²) >= 11 is 0. The standard InChI is InChI=1S/C8H7N.2CHNO/c1-7-4-2-3-5-8(7)6-9;2*2-1-3/h2-5H,1H3;2*2H. The third-order valence-electron chi connectivity index (χ3n) is 1.27. The van der Waals surface area contributed by atoms with Crippen LogP contribution in [0.15, 0.2) is 24.3 Å². The van der Waals surface area contributed by atoms with E-state index in [2.05, 4.69) is 6.07 Å². The van der Waals surface area contributed by atoms with Gasteiger partial charge in [-0.3, -0.25) is 0 Å². The van der Waals surface area contributed by atoms with Gasteiger partial charge in [-0.05, 0) is 18.6 Å². The summed E-state index contributed by atoms with van der Waals surface area (Å²) in [6.07, 6.45) is 1.50. The van der Waals surface area contributed by atoms with Gasteiger partial charge in [0.25, 0.3) is 0 Å². The molecule has 0 amide bonds. The smallest absolute Gasteiger partial charge is 0.222 e. The van der Waals surface area contributed by atoms with Crippen LogP contribution in [0.3, 0.4) is 0 Å². The van der Waals surface area contributed by atoms with Gasteiger partial charge >= 0.3 is 0 Å². The Balaban J connectivity index is 0. The van der Waals surface area contributed by atoms with E-state index in [1.807, 2.05) is 31.2 Å². The second-order valence-electron chi connectivity index (χ2n) is 2.13. The van der Waals surface area contributed by atoms with Gasteiger partial charge in [-0.15, -0.1) is 0 Å². The Morgan fingerprint density at radius 3 is 1.80 bits per heavy atom. The highest BCUT2D eigenvalue weighted by Crippen LogP contribution is 2.03. The molecule has 1 aromatic carbocycles. The first kappa shape index (κ1) is 15.0. The van der Waals surface area contributed by atoms with Crippen molar-refractivity contribution in [2.45, 2.75) is 6.92 Å². The van der Waals surface area contributed by atoms with Crippen molar-refractivity contribution in [3.05, 3.63) is 35.4 Å². The van der Waals surface area contributed by atoms with Crippen molar-refractivity contribution in [3.63, 3.8) is 0 Å². The zero-order chi connectivity index (χ0) is 12.1. The van der Waals surface area contributed by atoms with E-state index in [0.717, 1.165) is 23.3 Å². The first-order valence-electron chi connectivity index (χ1n) is 3.71. The molecule has 0 radical (unpaired) electrons. The molecule has 0 bridgehead atoms. The molecule has 0 spiro atoms. The van der Waals surface area contributed by atoms with Crippen molar-refractivity contribution < 1.29 is 9.59 Å². The molecule has 0 atom stereocenters. The lowest BCUT2D eigenvalue weighted by Crippen LogP contribution is -1.77. The molecule has 15 heavy (non-hydrogen) atoms. The minimum atomic E-state index is 0.750. The van der Waals surface area contributed by atoms with E-state index in [4.69, 9.17) is 25.7 Å². The summed E-state index contributed by atoms with van der Waals surface area (Å²) in [4.78, 5) is 16.7. The molecule has 1 rings (SSSR count). The van der Waals surface area contributed by atoms with E-state index >= 15 is 0 Å². The van der Waals surface area contributed by atoms with Gasteiger partial charge in [0.05, 0.1) is 11.6 Å². The molecule has 5 nitrogen and oxygen atoms in total. The number of carbonyl (C=O) groups excluding carboxylic acids is 2. The lowest BCUT2D eigenvalue weighted by molar-refractivity contribution is 0.562. The predicted molar refractivity (Wildman–Crippen MR) is 52.7 cm³/mol. The highest BCUT2D eigenvalue weighted by molar-refractivity contribution is 5.35. The van der Waals surface area contributed by atoms with Gasteiger partial charge in [-0.1, -0.05) is 18.2 Å². The van der Waals surface area contributed by atoms with Crippen molar-refractivity contribution in [3.8, 4) is 6.07 Å². The first-order chi connectivity index (χ1) is 7.17. The second-order valence-corrected chi connectivity index (χ2v) is 2.13. The summed E-state index contributed by atoms with van der Waals surface area (Å²) in [6, 6.07) is 9.63. The summed E-state index contributed by atoms with van der Waals surface area (Å²) in [5, 5.41) is 19.3. The van der Waals surface area contributed by atoms with Crippen LogP contribution < -0.4 is 0 Å². The van der Waals surface area contributed by atoms with Gasteiger partial charge in [-0.25, -0.2) is 20.4 Å². The zero-order valence-corrected chi connectivity index (χ0v) is 8.07. The largest absolute Gasteiger partial charge is 0.231 e. The summed E-state index contributed by atoms with van der Waals surface area (Å²) in [6.45, 7) is 1.93. The first-order valence-corrected chi connectivity index (χ1v) is 3.71. The summed E-state index contributed by atoms with van der Waals surface area (Å²) in [5.41, 5.74) is 1.80. The minimum Gasteiger partial charge on any atom is -0.222 e. The number of nitriles is 1. The van der Waals surface area contributed by atoms with Crippen molar-refractivity contribution in [2.75, 3.05) is 0 Å². The van der Waals surface area contributed by atoms with E-state index in [1.54, 1.807) is 0 Å². The normalized spacial score (nSPS) is 6.13. The molecule has 0 fully saturated rings. The van der Waals surface area contributed by atoms with Crippen molar-refractivity contribution >= 4 is 12.2 Å². The Bertz CT molecular complexity index is 383. The number of hydrogen-bond acceptors (Lipinski definition) is 5. The fraction of sp³-hybridized carbons (Fsp3) is 0.100. The van der Waals surface area contributed by atoms with E-state index in [9.17, 15) is 0 Å². The van der Waals surface area contributed by atoms with Crippen molar-refractivity contribution in [2.24, 2.45) is 0 Å². The van der Waals surface area contributed by atoms with Crippen LogP contribution in [0, 0.1) is 29.1 Å². The van der Waals surface area contributed by atoms with Crippen molar-refractivity contribution in [1.29, 1.82) is 16.1 Å². The monoisotopic (exact) mass is 203 g/mol. The molecule has 0 aromatic heterocycles. The van der Waals surface area contributed by atoms with Crippen LogP contribution in [0.5, 0.6) is 0 Å². The fourth-order valence-corrected chi connectivity index (χ4v) is 0.698. The SMILES string of the molecule is Cc1ccccc1C#N.N=C=O.N=C=O. The van der Waals surface area contributed by atoms with Gasteiger partial charge in [0, 0.05) is 0 Å². The molecule has 0 saturated carbocycles. The fourth-order valence-electron chi connectivity index (χ4n) is 0.698. The number of aryl methyl sites for hydroxylation is 1. The van der Waals surface area contributed by atoms with E-state index in [0.29, 0.717) is 0 Å². The molecule has 0 aliphatic heterocycles. The van der Waals surface area contributed by atoms with Crippen LogP contribution in [-0.4, -0.2) is 12.2 Å². The number of isocyanates is 2. The van der Waals surface area contributed by atoms with Crippen molar-refractivity contribution in [1.82, 2.24) is 0 Å². The Morgan fingerprint density at radius 1 is 1.13 bits per heavy atom. The Labute approximate surface area is 87.0 Å². The molecule has 0 saturated heterocycles. The zero-order valence-electron chi connectivity index (χ0n) is 8.07. The predicted octanol–water partition coefficient (Wildman–Crippen LogP) is 1.67. The number of hydrogen-bond donors (Lipinski definition) is 2. The van der Waals surface area contributed by atoms with Crippen LogP contribution in [0.25, 0.3) is 0 Å². The van der Waals surface area contributed by atoms with Crippen LogP contribution in [0.4, 0.5) is 0 Å². The molecular formula is C10H9N3O2. The summed E-state index contributed by atoms with van der Waals surface area (Å²) < 4.78 is 0. The molecular weight excluding hydrogens is 194 g/mol. The van der Waals surface area contributed by atoms with Crippen LogP contribution in [0.2, 0.25) is 0 Å². The maximum absolute atomic E-state index is 8.47. The topological polar surface area (TPSA) is 106 Å². The highest BCUT2D eigenvalue weighted by atomic mass is 16.1. The lowest BCUT2D eigenvalue weighted by atomic mass is 10.1. The molecule has 0 unspecified atom stereocenters. The third kappa shape index (κ3) is 9.38. The number of nitrogens with one attached hydrogen (secondary N) is 2. The van der Waals surface area contributed by atoms with Crippen LogP contribution >= 0.6 is 0 Å². The van der Waals surface area contributed by atoms with Crippen LogP contribution in [-0.2, 0) is 9.59 Å². The van der Waals surface area contributed by atoms with E-state index in [1.165, 1.54) is 0 Å².